The van der Waals surface area contributed by atoms with Gasteiger partial charge >= 0.3 is 0 Å². The predicted molar refractivity (Wildman–Crippen MR) is 68.9 cm³/mol. The molecule has 0 unspecified atom stereocenters. The van der Waals surface area contributed by atoms with Crippen molar-refractivity contribution in [2.24, 2.45) is 0 Å². The molecular weight excluding hydrogens is 285 g/mol. The summed E-state index contributed by atoms with van der Waals surface area (Å²) in [5.41, 5.74) is -0.391. The molecule has 7 heteroatoms. The van der Waals surface area contributed by atoms with Gasteiger partial charge in [0.2, 0.25) is 0 Å². The number of rotatable bonds is 5. The summed E-state index contributed by atoms with van der Waals surface area (Å²) in [4.78, 5) is 11.7. The fraction of sp³-hybridized carbons (Fsp3) is 0.214. The number of carbonyl (C=O) groups is 1. The smallest absolute Gasteiger partial charge is 0.279 e. The molecule has 1 aromatic heterocycles. The van der Waals surface area contributed by atoms with Gasteiger partial charge < -0.3 is 15.1 Å². The van der Waals surface area contributed by atoms with Gasteiger partial charge in [-0.2, -0.15) is 0 Å². The molecule has 112 valence electrons. The zero-order valence-electron chi connectivity index (χ0n) is 11.2. The molecule has 4 nitrogen and oxygen atoms in total. The summed E-state index contributed by atoms with van der Waals surface area (Å²) in [6.45, 7) is 1.82. The summed E-state index contributed by atoms with van der Waals surface area (Å²) in [6, 6.07) is 5.13. The highest BCUT2D eigenvalue weighted by Gasteiger charge is 2.17. The lowest BCUT2D eigenvalue weighted by Crippen LogP contribution is -2.86. The van der Waals surface area contributed by atoms with Gasteiger partial charge in [0.15, 0.2) is 29.8 Å². The Morgan fingerprint density at radius 2 is 2.05 bits per heavy atom. The number of nitrogens with two attached hydrogens (primary N) is 1. The third-order valence-corrected chi connectivity index (χ3v) is 2.96. The molecule has 2 aromatic rings. The van der Waals surface area contributed by atoms with Gasteiger partial charge in [0.05, 0.1) is 12.0 Å². The van der Waals surface area contributed by atoms with Crippen molar-refractivity contribution in [3.05, 3.63) is 53.7 Å². The third kappa shape index (κ3) is 3.63. The minimum absolute atomic E-state index is 0.0136. The van der Waals surface area contributed by atoms with Gasteiger partial charge in [-0.05, 0) is 31.2 Å². The van der Waals surface area contributed by atoms with Crippen LogP contribution in [-0.2, 0) is 4.79 Å². The SMILES string of the molecule is C[C@@H]([NH2+]CC(=O)Nc1ccc(F)c(F)c1F)c1ccco1. The second-order valence-electron chi connectivity index (χ2n) is 4.52. The van der Waals surface area contributed by atoms with E-state index < -0.39 is 29.0 Å². The van der Waals surface area contributed by atoms with Crippen LogP contribution >= 0.6 is 0 Å². The van der Waals surface area contributed by atoms with Crippen molar-refractivity contribution in [3.63, 3.8) is 0 Å². The number of carbonyl (C=O) groups excluding carboxylic acids is 1. The summed E-state index contributed by atoms with van der Waals surface area (Å²) in [5, 5.41) is 3.87. The quantitative estimate of drug-likeness (QED) is 0.829. The number of hydrogen-bond donors (Lipinski definition) is 2. The zero-order chi connectivity index (χ0) is 15.4. The maximum Gasteiger partial charge on any atom is 0.279 e. The van der Waals surface area contributed by atoms with Crippen LogP contribution < -0.4 is 10.6 Å². The predicted octanol–water partition coefficient (Wildman–Crippen LogP) is 1.96. The van der Waals surface area contributed by atoms with Crippen LogP contribution in [0.25, 0.3) is 0 Å². The van der Waals surface area contributed by atoms with Crippen LogP contribution in [0.2, 0.25) is 0 Å². The minimum atomic E-state index is -1.61. The minimum Gasteiger partial charge on any atom is -0.463 e. The fourth-order valence-electron chi connectivity index (χ4n) is 1.77. The van der Waals surface area contributed by atoms with Crippen LogP contribution in [0.15, 0.2) is 34.9 Å². The lowest BCUT2D eigenvalue weighted by molar-refractivity contribution is -0.684. The van der Waals surface area contributed by atoms with Crippen LogP contribution in [0.5, 0.6) is 0 Å². The lowest BCUT2D eigenvalue weighted by atomic mass is 10.2. The molecule has 0 radical (unpaired) electrons. The van der Waals surface area contributed by atoms with Gasteiger partial charge in [-0.1, -0.05) is 0 Å². The van der Waals surface area contributed by atoms with Crippen molar-refractivity contribution in [2.45, 2.75) is 13.0 Å². The third-order valence-electron chi connectivity index (χ3n) is 2.96. The maximum atomic E-state index is 13.4. The molecule has 0 aliphatic heterocycles. The van der Waals surface area contributed by atoms with E-state index in [-0.39, 0.29) is 12.6 Å². The Kier molecular flexibility index (Phi) is 4.64. The van der Waals surface area contributed by atoms with E-state index in [1.54, 1.807) is 17.4 Å². The van der Waals surface area contributed by atoms with Crippen molar-refractivity contribution in [3.8, 4) is 0 Å². The van der Waals surface area contributed by atoms with Gasteiger partial charge in [-0.3, -0.25) is 4.79 Å². The molecule has 1 heterocycles. The number of furan rings is 1. The number of quaternary nitrogens is 1. The average Bonchev–Trinajstić information content (AvgIpc) is 3.00. The number of amides is 1. The highest BCUT2D eigenvalue weighted by atomic mass is 19.2. The first-order valence-electron chi connectivity index (χ1n) is 6.29. The first kappa shape index (κ1) is 15.1. The van der Waals surface area contributed by atoms with Crippen LogP contribution in [0.1, 0.15) is 18.7 Å². The Labute approximate surface area is 119 Å². The van der Waals surface area contributed by atoms with Crippen molar-refractivity contribution in [1.82, 2.24) is 0 Å². The maximum absolute atomic E-state index is 13.4. The Morgan fingerprint density at radius 1 is 1.29 bits per heavy atom. The zero-order valence-corrected chi connectivity index (χ0v) is 11.2. The van der Waals surface area contributed by atoms with E-state index in [0.29, 0.717) is 5.76 Å². The van der Waals surface area contributed by atoms with Gasteiger partial charge in [-0.15, -0.1) is 0 Å². The molecule has 0 saturated carbocycles. The summed E-state index contributed by atoms with van der Waals surface area (Å²) in [5.74, 6) is -4.16. The molecule has 0 fully saturated rings. The van der Waals surface area contributed by atoms with Crippen molar-refractivity contribution in [2.75, 3.05) is 11.9 Å². The van der Waals surface area contributed by atoms with Crippen LogP contribution in [-0.4, -0.2) is 12.5 Å². The largest absolute Gasteiger partial charge is 0.463 e. The van der Waals surface area contributed by atoms with E-state index >= 15 is 0 Å². The number of hydrogen-bond acceptors (Lipinski definition) is 2. The molecule has 1 aromatic carbocycles. The number of nitrogens with one attached hydrogen (secondary N) is 1. The molecule has 1 amide bonds. The second-order valence-corrected chi connectivity index (χ2v) is 4.52. The molecule has 0 bridgehead atoms. The first-order valence-corrected chi connectivity index (χ1v) is 6.29. The number of halogens is 3. The molecule has 1 atom stereocenters. The van der Waals surface area contributed by atoms with Crippen LogP contribution in [0.4, 0.5) is 18.9 Å². The van der Waals surface area contributed by atoms with Crippen LogP contribution in [0, 0.1) is 17.5 Å². The molecule has 0 spiro atoms. The Bertz CT molecular complexity index is 629. The first-order chi connectivity index (χ1) is 9.99. The van der Waals surface area contributed by atoms with E-state index in [0.717, 1.165) is 12.1 Å². The van der Waals surface area contributed by atoms with E-state index in [1.165, 1.54) is 6.26 Å². The van der Waals surface area contributed by atoms with Gasteiger partial charge in [0.1, 0.15) is 6.04 Å². The van der Waals surface area contributed by atoms with Gasteiger partial charge in [0.25, 0.3) is 5.91 Å². The molecule has 0 saturated heterocycles. The van der Waals surface area contributed by atoms with E-state index in [2.05, 4.69) is 5.32 Å². The normalized spacial score (nSPS) is 12.2. The van der Waals surface area contributed by atoms with Gasteiger partial charge in [-0.25, -0.2) is 13.2 Å². The summed E-state index contributed by atoms with van der Waals surface area (Å²) in [6.07, 6.45) is 1.52. The Hall–Kier alpha value is -2.28. The molecule has 0 aliphatic carbocycles. The monoisotopic (exact) mass is 299 g/mol. The Balaban J connectivity index is 1.92. The standard InChI is InChI=1S/C14H13F3N2O2/c1-8(11-3-2-6-21-11)18-7-12(20)19-10-5-4-9(15)13(16)14(10)17/h2-6,8,18H,7H2,1H3,(H,19,20)/p+1/t8-/m1/s1. The molecular formula is C14H14F3N2O2+. The fourth-order valence-corrected chi connectivity index (χ4v) is 1.77. The van der Waals surface area contributed by atoms with E-state index in [1.807, 2.05) is 6.92 Å². The number of anilines is 1. The second kappa shape index (κ2) is 6.45. The lowest BCUT2D eigenvalue weighted by Gasteiger charge is -2.09. The highest BCUT2D eigenvalue weighted by Crippen LogP contribution is 2.19. The summed E-state index contributed by atoms with van der Waals surface area (Å²) < 4.78 is 44.4. The molecule has 3 N–H and O–H groups in total. The topological polar surface area (TPSA) is 58.9 Å². The molecule has 2 rings (SSSR count). The molecule has 0 aliphatic rings. The molecule has 21 heavy (non-hydrogen) atoms. The van der Waals surface area contributed by atoms with Crippen molar-refractivity contribution in [1.29, 1.82) is 0 Å². The Morgan fingerprint density at radius 3 is 2.71 bits per heavy atom. The summed E-state index contributed by atoms with van der Waals surface area (Å²) >= 11 is 0. The van der Waals surface area contributed by atoms with Crippen molar-refractivity contribution < 1.29 is 27.7 Å². The van der Waals surface area contributed by atoms with Gasteiger partial charge in [0, 0.05) is 0 Å². The summed E-state index contributed by atoms with van der Waals surface area (Å²) in [7, 11) is 0. The van der Waals surface area contributed by atoms with E-state index in [4.69, 9.17) is 4.42 Å². The van der Waals surface area contributed by atoms with Crippen molar-refractivity contribution >= 4 is 11.6 Å². The van der Waals surface area contributed by atoms with E-state index in [9.17, 15) is 18.0 Å². The average molecular weight is 299 g/mol. The van der Waals surface area contributed by atoms with Crippen LogP contribution in [0.3, 0.4) is 0 Å². The number of benzene rings is 1. The highest BCUT2D eigenvalue weighted by molar-refractivity contribution is 5.91.